The maximum Gasteiger partial charge on any atom is 0.328 e. The van der Waals surface area contributed by atoms with E-state index in [-0.39, 0.29) is 5.82 Å². The van der Waals surface area contributed by atoms with Gasteiger partial charge < -0.3 is 10.0 Å². The molecule has 0 spiro atoms. The Hall–Kier alpha value is -1.84. The van der Waals surface area contributed by atoms with Crippen LogP contribution >= 0.6 is 0 Å². The van der Waals surface area contributed by atoms with Gasteiger partial charge in [-0.3, -0.25) is 0 Å². The number of hydrogen-bond donors (Lipinski definition) is 1. The number of nitrogens with zero attached hydrogens (tertiary/aromatic N) is 1. The summed E-state index contributed by atoms with van der Waals surface area (Å²) in [5, 5.41) is 8.64. The van der Waals surface area contributed by atoms with E-state index in [4.69, 9.17) is 5.11 Å². The summed E-state index contributed by atoms with van der Waals surface area (Å²) in [5.41, 5.74) is 1.41. The van der Waals surface area contributed by atoms with Crippen LogP contribution in [0.15, 0.2) is 24.3 Å². The van der Waals surface area contributed by atoms with E-state index in [0.717, 1.165) is 31.3 Å². The molecule has 1 aromatic rings. The number of carboxylic acids is 1. The first kappa shape index (κ1) is 14.6. The lowest BCUT2D eigenvalue weighted by Crippen LogP contribution is -2.38. The van der Waals surface area contributed by atoms with E-state index in [0.29, 0.717) is 17.4 Å². The Morgan fingerprint density at radius 2 is 2.10 bits per heavy atom. The molecule has 1 aliphatic rings. The largest absolute Gasteiger partial charge is 0.478 e. The molecule has 0 amide bonds. The quantitative estimate of drug-likeness (QED) is 0.861. The Morgan fingerprint density at radius 1 is 1.35 bits per heavy atom. The van der Waals surface area contributed by atoms with E-state index in [1.165, 1.54) is 18.2 Å². The Balaban J connectivity index is 2.21. The third-order valence-corrected chi connectivity index (χ3v) is 4.02. The highest BCUT2D eigenvalue weighted by Gasteiger charge is 2.23. The maximum absolute atomic E-state index is 13.7. The number of carbonyl (C=O) groups is 1. The first-order valence-electron chi connectivity index (χ1n) is 6.92. The van der Waals surface area contributed by atoms with Crippen molar-refractivity contribution in [3.05, 3.63) is 35.7 Å². The lowest BCUT2D eigenvalue weighted by atomic mass is 9.88. The van der Waals surface area contributed by atoms with Crippen molar-refractivity contribution in [1.82, 2.24) is 0 Å². The van der Waals surface area contributed by atoms with Crippen molar-refractivity contribution >= 4 is 17.7 Å². The SMILES string of the molecule is CC1CCN(c2cc(F)cc(/C=C/C(=O)O)c2)CC1C. The highest BCUT2D eigenvalue weighted by Crippen LogP contribution is 2.28. The van der Waals surface area contributed by atoms with Crippen LogP contribution in [0, 0.1) is 17.7 Å². The van der Waals surface area contributed by atoms with Gasteiger partial charge in [0.25, 0.3) is 0 Å². The molecule has 108 valence electrons. The second-order valence-corrected chi connectivity index (χ2v) is 5.60. The summed E-state index contributed by atoms with van der Waals surface area (Å²) >= 11 is 0. The number of halogens is 1. The molecule has 0 aromatic heterocycles. The zero-order chi connectivity index (χ0) is 14.7. The van der Waals surface area contributed by atoms with E-state index in [1.54, 1.807) is 0 Å². The van der Waals surface area contributed by atoms with Gasteiger partial charge in [0.1, 0.15) is 5.82 Å². The fourth-order valence-corrected chi connectivity index (χ4v) is 2.54. The molecule has 3 nitrogen and oxygen atoms in total. The minimum absolute atomic E-state index is 0.334. The van der Waals surface area contributed by atoms with Crippen LogP contribution in [-0.4, -0.2) is 24.2 Å². The normalized spacial score (nSPS) is 23.2. The average Bonchev–Trinajstić information content (AvgIpc) is 2.39. The first-order chi connectivity index (χ1) is 9.45. The predicted octanol–water partition coefficient (Wildman–Crippen LogP) is 3.41. The molecule has 1 fully saturated rings. The molecule has 2 unspecified atom stereocenters. The van der Waals surface area contributed by atoms with Gasteiger partial charge in [0.2, 0.25) is 0 Å². The highest BCUT2D eigenvalue weighted by molar-refractivity contribution is 5.85. The van der Waals surface area contributed by atoms with Crippen molar-refractivity contribution in [2.24, 2.45) is 11.8 Å². The second-order valence-electron chi connectivity index (χ2n) is 5.60. The molecule has 2 rings (SSSR count). The smallest absolute Gasteiger partial charge is 0.328 e. The van der Waals surface area contributed by atoms with Gasteiger partial charge in [-0.15, -0.1) is 0 Å². The fraction of sp³-hybridized carbons (Fsp3) is 0.438. The Kier molecular flexibility index (Phi) is 4.42. The van der Waals surface area contributed by atoms with E-state index in [9.17, 15) is 9.18 Å². The van der Waals surface area contributed by atoms with Gasteiger partial charge in [-0.2, -0.15) is 0 Å². The minimum Gasteiger partial charge on any atom is -0.478 e. The number of hydrogen-bond acceptors (Lipinski definition) is 2. The molecule has 1 N–H and O–H groups in total. The molecule has 1 aliphatic heterocycles. The van der Waals surface area contributed by atoms with Crippen LogP contribution in [0.1, 0.15) is 25.8 Å². The summed E-state index contributed by atoms with van der Waals surface area (Å²) in [6, 6.07) is 4.70. The number of aliphatic carboxylic acids is 1. The van der Waals surface area contributed by atoms with Gasteiger partial charge in [-0.05, 0) is 48.1 Å². The van der Waals surface area contributed by atoms with Gasteiger partial charge in [0.15, 0.2) is 0 Å². The number of piperidine rings is 1. The minimum atomic E-state index is -1.03. The van der Waals surface area contributed by atoms with E-state index in [1.807, 2.05) is 6.07 Å². The number of rotatable bonds is 3. The summed E-state index contributed by atoms with van der Waals surface area (Å²) in [6.45, 7) is 6.28. The van der Waals surface area contributed by atoms with E-state index in [2.05, 4.69) is 18.7 Å². The Morgan fingerprint density at radius 3 is 2.75 bits per heavy atom. The molecule has 2 atom stereocenters. The number of carboxylic acid groups (broad SMARTS) is 1. The van der Waals surface area contributed by atoms with Gasteiger partial charge in [0.05, 0.1) is 0 Å². The summed E-state index contributed by atoms with van der Waals surface area (Å²) < 4.78 is 13.7. The second kappa shape index (κ2) is 6.07. The van der Waals surface area contributed by atoms with Crippen LogP contribution in [0.2, 0.25) is 0 Å². The van der Waals surface area contributed by atoms with E-state index < -0.39 is 5.97 Å². The topological polar surface area (TPSA) is 40.5 Å². The zero-order valence-corrected chi connectivity index (χ0v) is 11.8. The third-order valence-electron chi connectivity index (χ3n) is 4.02. The van der Waals surface area contributed by atoms with Crippen molar-refractivity contribution in [3.63, 3.8) is 0 Å². The highest BCUT2D eigenvalue weighted by atomic mass is 19.1. The predicted molar refractivity (Wildman–Crippen MR) is 78.2 cm³/mol. The van der Waals surface area contributed by atoms with Gasteiger partial charge >= 0.3 is 5.97 Å². The van der Waals surface area contributed by atoms with Crippen LogP contribution < -0.4 is 4.90 Å². The molecule has 0 bridgehead atoms. The molecule has 0 saturated carbocycles. The van der Waals surface area contributed by atoms with Crippen molar-refractivity contribution in [3.8, 4) is 0 Å². The number of anilines is 1. The molecule has 1 heterocycles. The average molecular weight is 277 g/mol. The lowest BCUT2D eigenvalue weighted by Gasteiger charge is -2.37. The molecule has 0 aliphatic carbocycles. The van der Waals surface area contributed by atoms with Crippen molar-refractivity contribution < 1.29 is 14.3 Å². The monoisotopic (exact) mass is 277 g/mol. The summed E-state index contributed by atoms with van der Waals surface area (Å²) in [6.07, 6.45) is 3.54. The van der Waals surface area contributed by atoms with Crippen LogP contribution in [0.25, 0.3) is 6.08 Å². The molecular formula is C16H20FNO2. The third kappa shape index (κ3) is 3.59. The summed E-state index contributed by atoms with van der Waals surface area (Å²) in [5.74, 6) is -0.105. The molecule has 4 heteroatoms. The lowest BCUT2D eigenvalue weighted by molar-refractivity contribution is -0.131. The van der Waals surface area contributed by atoms with Gasteiger partial charge in [-0.1, -0.05) is 13.8 Å². The molecular weight excluding hydrogens is 257 g/mol. The molecule has 0 radical (unpaired) electrons. The Bertz CT molecular complexity index is 527. The van der Waals surface area contributed by atoms with Gasteiger partial charge in [0, 0.05) is 24.9 Å². The van der Waals surface area contributed by atoms with Crippen LogP contribution in [0.4, 0.5) is 10.1 Å². The first-order valence-corrected chi connectivity index (χ1v) is 6.92. The molecule has 1 aromatic carbocycles. The standard InChI is InChI=1S/C16H20FNO2/c1-11-5-6-18(10-12(11)2)15-8-13(3-4-16(19)20)7-14(17)9-15/h3-4,7-9,11-12H,5-6,10H2,1-2H3,(H,19,20)/b4-3+. The maximum atomic E-state index is 13.7. The van der Waals surface area contributed by atoms with Gasteiger partial charge in [-0.25, -0.2) is 9.18 Å². The van der Waals surface area contributed by atoms with Crippen LogP contribution in [0.5, 0.6) is 0 Å². The Labute approximate surface area is 118 Å². The molecule has 20 heavy (non-hydrogen) atoms. The van der Waals surface area contributed by atoms with Crippen LogP contribution in [-0.2, 0) is 4.79 Å². The summed E-state index contributed by atoms with van der Waals surface area (Å²) in [4.78, 5) is 12.7. The fourth-order valence-electron chi connectivity index (χ4n) is 2.54. The van der Waals surface area contributed by atoms with Crippen molar-refractivity contribution in [2.75, 3.05) is 18.0 Å². The van der Waals surface area contributed by atoms with Crippen LogP contribution in [0.3, 0.4) is 0 Å². The zero-order valence-electron chi connectivity index (χ0n) is 11.8. The number of benzene rings is 1. The molecule has 1 saturated heterocycles. The van der Waals surface area contributed by atoms with Crippen molar-refractivity contribution in [2.45, 2.75) is 20.3 Å². The van der Waals surface area contributed by atoms with E-state index >= 15 is 0 Å². The van der Waals surface area contributed by atoms with Crippen molar-refractivity contribution in [1.29, 1.82) is 0 Å². The summed E-state index contributed by atoms with van der Waals surface area (Å²) in [7, 11) is 0.